The first-order valence-electron chi connectivity index (χ1n) is 6.67. The minimum absolute atomic E-state index is 0.0192. The number of halogens is 1. The topological polar surface area (TPSA) is 72.2 Å². The molecule has 5 nitrogen and oxygen atoms in total. The van der Waals surface area contributed by atoms with Crippen LogP contribution in [0.25, 0.3) is 0 Å². The number of amides is 1. The maximum absolute atomic E-state index is 12.1. The van der Waals surface area contributed by atoms with Crippen molar-refractivity contribution in [2.75, 3.05) is 5.32 Å². The summed E-state index contributed by atoms with van der Waals surface area (Å²) < 4.78 is 0. The van der Waals surface area contributed by atoms with Crippen LogP contribution in [0.5, 0.6) is 0 Å². The van der Waals surface area contributed by atoms with Gasteiger partial charge < -0.3 is 5.32 Å². The molecule has 0 aliphatic carbocycles. The number of anilines is 1. The zero-order chi connectivity index (χ0) is 16.3. The molecule has 0 heterocycles. The lowest BCUT2D eigenvalue weighted by Gasteiger charge is -2.11. The second kappa shape index (κ2) is 6.58. The van der Waals surface area contributed by atoms with Crippen molar-refractivity contribution >= 4 is 28.9 Å². The average molecular weight is 319 g/mol. The smallest absolute Gasteiger partial charge is 0.270 e. The molecule has 0 fully saturated rings. The summed E-state index contributed by atoms with van der Waals surface area (Å²) in [5, 5.41) is 14.2. The number of benzene rings is 2. The minimum atomic E-state index is -0.445. The van der Waals surface area contributed by atoms with E-state index in [-0.39, 0.29) is 18.0 Å². The van der Waals surface area contributed by atoms with Gasteiger partial charge in [0.05, 0.1) is 11.3 Å². The number of aryl methyl sites for hydroxylation is 2. The number of nitrogens with zero attached hydrogens (tertiary/aromatic N) is 1. The molecule has 0 unspecified atom stereocenters. The van der Waals surface area contributed by atoms with Gasteiger partial charge in [-0.3, -0.25) is 14.9 Å². The lowest BCUT2D eigenvalue weighted by Crippen LogP contribution is -2.16. The Bertz CT molecular complexity index is 704. The summed E-state index contributed by atoms with van der Waals surface area (Å²) >= 11 is 5.80. The number of carbonyl (C=O) groups excluding carboxylic acids is 1. The van der Waals surface area contributed by atoms with Crippen molar-refractivity contribution in [1.82, 2.24) is 0 Å². The predicted octanol–water partition coefficient (Wildman–Crippen LogP) is 4.05. The highest BCUT2D eigenvalue weighted by atomic mass is 35.5. The van der Waals surface area contributed by atoms with E-state index in [4.69, 9.17) is 11.6 Å². The summed E-state index contributed by atoms with van der Waals surface area (Å²) in [6, 6.07) is 9.93. The molecule has 0 aliphatic rings. The van der Waals surface area contributed by atoms with Crippen molar-refractivity contribution in [2.24, 2.45) is 0 Å². The van der Waals surface area contributed by atoms with Crippen molar-refractivity contribution in [1.29, 1.82) is 0 Å². The predicted molar refractivity (Wildman–Crippen MR) is 86.4 cm³/mol. The van der Waals surface area contributed by atoms with Crippen molar-refractivity contribution in [3.05, 3.63) is 68.2 Å². The molecule has 2 aromatic carbocycles. The Balaban J connectivity index is 2.14. The molecule has 0 radical (unpaired) electrons. The number of non-ortho nitro benzene ring substituents is 1. The Kier molecular flexibility index (Phi) is 4.78. The molecule has 0 atom stereocenters. The molecular formula is C16H15ClN2O3. The number of hydrogen-bond donors (Lipinski definition) is 1. The highest BCUT2D eigenvalue weighted by molar-refractivity contribution is 6.30. The van der Waals surface area contributed by atoms with E-state index in [2.05, 4.69) is 5.32 Å². The van der Waals surface area contributed by atoms with E-state index in [1.54, 1.807) is 38.1 Å². The van der Waals surface area contributed by atoms with Gasteiger partial charge in [0.2, 0.25) is 5.91 Å². The van der Waals surface area contributed by atoms with Crippen molar-refractivity contribution in [2.45, 2.75) is 20.3 Å². The third-order valence-electron chi connectivity index (χ3n) is 3.27. The Hall–Kier alpha value is -2.40. The minimum Gasteiger partial charge on any atom is -0.325 e. The Morgan fingerprint density at radius 3 is 2.23 bits per heavy atom. The molecule has 114 valence electrons. The number of nitro benzene ring substituents is 1. The second-order valence-electron chi connectivity index (χ2n) is 5.06. The fraction of sp³-hybridized carbons (Fsp3) is 0.188. The van der Waals surface area contributed by atoms with Gasteiger partial charge in [-0.2, -0.15) is 0 Å². The first kappa shape index (κ1) is 16.0. The van der Waals surface area contributed by atoms with Crippen LogP contribution in [0.15, 0.2) is 36.4 Å². The van der Waals surface area contributed by atoms with Gasteiger partial charge in [-0.15, -0.1) is 0 Å². The van der Waals surface area contributed by atoms with Crippen molar-refractivity contribution in [3.8, 4) is 0 Å². The summed E-state index contributed by atoms with van der Waals surface area (Å²) in [5.41, 5.74) is 2.81. The van der Waals surface area contributed by atoms with Gasteiger partial charge >= 0.3 is 0 Å². The summed E-state index contributed by atoms with van der Waals surface area (Å²) in [4.78, 5) is 22.5. The summed E-state index contributed by atoms with van der Waals surface area (Å²) in [6.45, 7) is 3.47. The average Bonchev–Trinajstić information content (AvgIpc) is 2.45. The number of nitrogens with one attached hydrogen (secondary N) is 1. The molecule has 0 spiro atoms. The van der Waals surface area contributed by atoms with E-state index in [9.17, 15) is 14.9 Å². The Morgan fingerprint density at radius 2 is 1.73 bits per heavy atom. The van der Waals surface area contributed by atoms with Gasteiger partial charge in [-0.1, -0.05) is 23.7 Å². The van der Waals surface area contributed by atoms with Crippen molar-refractivity contribution < 1.29 is 9.72 Å². The SMILES string of the molecule is Cc1cc([N+](=O)[O-])cc(C)c1NC(=O)Cc1ccc(Cl)cc1. The monoisotopic (exact) mass is 318 g/mol. The summed E-state index contributed by atoms with van der Waals surface area (Å²) in [5.74, 6) is -0.178. The largest absolute Gasteiger partial charge is 0.325 e. The van der Waals surface area contributed by atoms with E-state index in [0.717, 1.165) is 5.56 Å². The van der Waals surface area contributed by atoms with Crippen LogP contribution in [0.1, 0.15) is 16.7 Å². The molecular weight excluding hydrogens is 304 g/mol. The normalized spacial score (nSPS) is 10.3. The van der Waals surface area contributed by atoms with Crippen LogP contribution >= 0.6 is 11.6 Å². The zero-order valence-corrected chi connectivity index (χ0v) is 13.0. The molecule has 0 aromatic heterocycles. The van der Waals surface area contributed by atoms with Crippen LogP contribution in [-0.2, 0) is 11.2 Å². The van der Waals surface area contributed by atoms with Gasteiger partial charge in [0.25, 0.3) is 5.69 Å². The number of hydrogen-bond acceptors (Lipinski definition) is 3. The Morgan fingerprint density at radius 1 is 1.18 bits per heavy atom. The fourth-order valence-corrected chi connectivity index (χ4v) is 2.34. The Labute approximate surface area is 133 Å². The zero-order valence-electron chi connectivity index (χ0n) is 12.2. The lowest BCUT2D eigenvalue weighted by atomic mass is 10.1. The second-order valence-corrected chi connectivity index (χ2v) is 5.50. The third-order valence-corrected chi connectivity index (χ3v) is 3.52. The first-order valence-corrected chi connectivity index (χ1v) is 7.04. The number of rotatable bonds is 4. The summed E-state index contributed by atoms with van der Waals surface area (Å²) in [7, 11) is 0. The van der Waals surface area contributed by atoms with Crippen LogP contribution in [0.4, 0.5) is 11.4 Å². The van der Waals surface area contributed by atoms with Gasteiger partial charge in [0, 0.05) is 22.8 Å². The molecule has 2 aromatic rings. The van der Waals surface area contributed by atoms with E-state index in [1.807, 2.05) is 0 Å². The van der Waals surface area contributed by atoms with Gasteiger partial charge in [0.1, 0.15) is 0 Å². The lowest BCUT2D eigenvalue weighted by molar-refractivity contribution is -0.384. The van der Waals surface area contributed by atoms with Gasteiger partial charge in [0.15, 0.2) is 0 Å². The van der Waals surface area contributed by atoms with Crippen LogP contribution in [0, 0.1) is 24.0 Å². The molecule has 2 rings (SSSR count). The molecule has 0 bridgehead atoms. The van der Waals surface area contributed by atoms with Crippen LogP contribution in [0.2, 0.25) is 5.02 Å². The number of carbonyl (C=O) groups is 1. The van der Waals surface area contributed by atoms with E-state index in [0.29, 0.717) is 21.8 Å². The van der Waals surface area contributed by atoms with Gasteiger partial charge in [-0.25, -0.2) is 0 Å². The van der Waals surface area contributed by atoms with Crippen LogP contribution in [-0.4, -0.2) is 10.8 Å². The van der Waals surface area contributed by atoms with E-state index < -0.39 is 4.92 Å². The van der Waals surface area contributed by atoms with E-state index >= 15 is 0 Å². The molecule has 6 heteroatoms. The maximum Gasteiger partial charge on any atom is 0.270 e. The summed E-state index contributed by atoms with van der Waals surface area (Å²) in [6.07, 6.45) is 0.215. The molecule has 22 heavy (non-hydrogen) atoms. The number of nitro groups is 1. The van der Waals surface area contributed by atoms with Crippen LogP contribution in [0.3, 0.4) is 0 Å². The quantitative estimate of drug-likeness (QED) is 0.683. The molecule has 0 aliphatic heterocycles. The highest BCUT2D eigenvalue weighted by Gasteiger charge is 2.14. The fourth-order valence-electron chi connectivity index (χ4n) is 2.21. The van der Waals surface area contributed by atoms with Gasteiger partial charge in [-0.05, 0) is 42.7 Å². The molecule has 1 N–H and O–H groups in total. The van der Waals surface area contributed by atoms with E-state index in [1.165, 1.54) is 12.1 Å². The molecule has 0 saturated carbocycles. The van der Waals surface area contributed by atoms with Crippen molar-refractivity contribution in [3.63, 3.8) is 0 Å². The maximum atomic E-state index is 12.1. The standard InChI is InChI=1S/C16H15ClN2O3/c1-10-7-14(19(21)22)8-11(2)16(10)18-15(20)9-12-3-5-13(17)6-4-12/h3-8H,9H2,1-2H3,(H,18,20). The van der Waals surface area contributed by atoms with Crippen LogP contribution < -0.4 is 5.32 Å². The highest BCUT2D eigenvalue weighted by Crippen LogP contribution is 2.26. The molecule has 0 saturated heterocycles. The molecule has 1 amide bonds. The third kappa shape index (κ3) is 3.83. The first-order chi connectivity index (χ1) is 10.4.